The predicted molar refractivity (Wildman–Crippen MR) is 109 cm³/mol. The molecule has 126 valence electrons. The van der Waals surface area contributed by atoms with Crippen LogP contribution in [0.1, 0.15) is 5.56 Å². The van der Waals surface area contributed by atoms with Crippen molar-refractivity contribution in [1.82, 2.24) is 0 Å². The van der Waals surface area contributed by atoms with Gasteiger partial charge in [-0.3, -0.25) is 0 Å². The zero-order valence-corrected chi connectivity index (χ0v) is 14.7. The van der Waals surface area contributed by atoms with Crippen molar-refractivity contribution in [3.8, 4) is 33.8 Å². The molecule has 0 amide bonds. The molecule has 4 rings (SSSR count). The van der Waals surface area contributed by atoms with Gasteiger partial charge in [0.05, 0.1) is 0 Å². The molecule has 4 aromatic rings. The van der Waals surface area contributed by atoms with Gasteiger partial charge in [-0.15, -0.1) is 0 Å². The summed E-state index contributed by atoms with van der Waals surface area (Å²) >= 11 is 0. The maximum Gasteiger partial charge on any atom is 0.127 e. The topological polar surface area (TPSA) is 9.23 Å². The Hall–Kier alpha value is -3.32. The molecule has 0 aliphatic rings. The Morgan fingerprint density at radius 3 is 1.73 bits per heavy atom. The number of ether oxygens (including phenoxy) is 1. The summed E-state index contributed by atoms with van der Waals surface area (Å²) in [6.45, 7) is 2.12. The third-order valence-corrected chi connectivity index (χ3v) is 4.38. The second kappa shape index (κ2) is 7.28. The molecule has 4 aromatic carbocycles. The van der Waals surface area contributed by atoms with E-state index in [1.54, 1.807) is 0 Å². The Labute approximate surface area is 154 Å². The van der Waals surface area contributed by atoms with Gasteiger partial charge in [0.15, 0.2) is 0 Å². The van der Waals surface area contributed by atoms with Crippen LogP contribution in [0.15, 0.2) is 103 Å². The largest absolute Gasteiger partial charge is 0.457 e. The van der Waals surface area contributed by atoms with Crippen molar-refractivity contribution in [2.24, 2.45) is 0 Å². The summed E-state index contributed by atoms with van der Waals surface area (Å²) < 4.78 is 5.88. The molecule has 0 radical (unpaired) electrons. The van der Waals surface area contributed by atoms with Crippen LogP contribution in [-0.2, 0) is 0 Å². The zero-order chi connectivity index (χ0) is 17.8. The fourth-order valence-corrected chi connectivity index (χ4v) is 3.04. The molecule has 0 saturated carbocycles. The van der Waals surface area contributed by atoms with Gasteiger partial charge >= 0.3 is 0 Å². The first kappa shape index (κ1) is 16.2. The Kier molecular flexibility index (Phi) is 4.53. The first-order chi connectivity index (χ1) is 12.8. The van der Waals surface area contributed by atoms with Gasteiger partial charge in [0.2, 0.25) is 0 Å². The molecule has 0 spiro atoms. The summed E-state index contributed by atoms with van der Waals surface area (Å²) in [7, 11) is 0. The highest BCUT2D eigenvalue weighted by atomic mass is 16.5. The van der Waals surface area contributed by atoms with Crippen LogP contribution in [0.2, 0.25) is 0 Å². The number of benzene rings is 4. The number of rotatable bonds is 4. The van der Waals surface area contributed by atoms with Crippen molar-refractivity contribution >= 4 is 0 Å². The van der Waals surface area contributed by atoms with E-state index in [1.165, 1.54) is 27.8 Å². The van der Waals surface area contributed by atoms with E-state index in [2.05, 4.69) is 67.6 Å². The lowest BCUT2D eigenvalue weighted by atomic mass is 9.98. The second-order valence-corrected chi connectivity index (χ2v) is 6.39. The fourth-order valence-electron chi connectivity index (χ4n) is 3.04. The average molecular weight is 336 g/mol. The van der Waals surface area contributed by atoms with Gasteiger partial charge in [0, 0.05) is 0 Å². The molecule has 0 unspecified atom stereocenters. The molecule has 1 heteroatoms. The smallest absolute Gasteiger partial charge is 0.127 e. The van der Waals surface area contributed by atoms with Crippen LogP contribution < -0.4 is 4.74 Å². The lowest BCUT2D eigenvalue weighted by molar-refractivity contribution is 0.483. The van der Waals surface area contributed by atoms with Crippen LogP contribution in [0, 0.1) is 6.92 Å². The van der Waals surface area contributed by atoms with Crippen LogP contribution >= 0.6 is 0 Å². The van der Waals surface area contributed by atoms with Crippen molar-refractivity contribution in [3.05, 3.63) is 109 Å². The summed E-state index contributed by atoms with van der Waals surface area (Å²) in [4.78, 5) is 0. The van der Waals surface area contributed by atoms with E-state index >= 15 is 0 Å². The molecular formula is C25H20O. The molecule has 0 aromatic heterocycles. The Bertz CT molecular complexity index is 1000. The zero-order valence-electron chi connectivity index (χ0n) is 14.7. The Morgan fingerprint density at radius 2 is 1.04 bits per heavy atom. The van der Waals surface area contributed by atoms with Crippen molar-refractivity contribution in [3.63, 3.8) is 0 Å². The van der Waals surface area contributed by atoms with E-state index in [0.717, 1.165) is 11.5 Å². The number of hydrogen-bond donors (Lipinski definition) is 0. The molecular weight excluding hydrogens is 316 g/mol. The van der Waals surface area contributed by atoms with Crippen molar-refractivity contribution < 1.29 is 4.74 Å². The molecule has 26 heavy (non-hydrogen) atoms. The molecule has 0 atom stereocenters. The summed E-state index contributed by atoms with van der Waals surface area (Å²) in [6, 6.07) is 35.3. The standard InChI is InChI=1S/C25H20O/c1-19-7-5-8-21(17-19)23-10-6-9-22(18-23)20-13-15-25(16-14-20)26-24-11-3-2-4-12-24/h2-18H,1H3. The van der Waals surface area contributed by atoms with Gasteiger partial charge in [-0.05, 0) is 59.5 Å². The van der Waals surface area contributed by atoms with Gasteiger partial charge in [0.1, 0.15) is 11.5 Å². The summed E-state index contributed by atoms with van der Waals surface area (Å²) in [5.41, 5.74) is 6.14. The van der Waals surface area contributed by atoms with Crippen LogP contribution in [0.4, 0.5) is 0 Å². The predicted octanol–water partition coefficient (Wildman–Crippen LogP) is 7.12. The van der Waals surface area contributed by atoms with E-state index in [1.807, 2.05) is 42.5 Å². The molecule has 0 aliphatic heterocycles. The van der Waals surface area contributed by atoms with Crippen LogP contribution in [0.3, 0.4) is 0 Å². The Morgan fingerprint density at radius 1 is 0.462 bits per heavy atom. The van der Waals surface area contributed by atoms with Gasteiger partial charge in [-0.2, -0.15) is 0 Å². The highest BCUT2D eigenvalue weighted by molar-refractivity contribution is 5.73. The quantitative estimate of drug-likeness (QED) is 0.385. The third-order valence-electron chi connectivity index (χ3n) is 4.38. The number of para-hydroxylation sites is 1. The summed E-state index contributed by atoms with van der Waals surface area (Å²) in [5, 5.41) is 0. The van der Waals surface area contributed by atoms with E-state index in [9.17, 15) is 0 Å². The average Bonchev–Trinajstić information content (AvgIpc) is 2.69. The number of aryl methyl sites for hydroxylation is 1. The van der Waals surface area contributed by atoms with Crippen LogP contribution in [-0.4, -0.2) is 0 Å². The van der Waals surface area contributed by atoms with E-state index < -0.39 is 0 Å². The SMILES string of the molecule is Cc1cccc(-c2cccc(-c3ccc(Oc4ccccc4)cc3)c2)c1. The molecule has 0 saturated heterocycles. The molecule has 0 bridgehead atoms. The first-order valence-electron chi connectivity index (χ1n) is 8.78. The number of hydrogen-bond acceptors (Lipinski definition) is 1. The fraction of sp³-hybridized carbons (Fsp3) is 0.0400. The van der Waals surface area contributed by atoms with E-state index in [-0.39, 0.29) is 0 Å². The van der Waals surface area contributed by atoms with Gasteiger partial charge in [0.25, 0.3) is 0 Å². The van der Waals surface area contributed by atoms with Crippen LogP contribution in [0.5, 0.6) is 11.5 Å². The van der Waals surface area contributed by atoms with E-state index in [4.69, 9.17) is 4.74 Å². The summed E-state index contributed by atoms with van der Waals surface area (Å²) in [6.07, 6.45) is 0. The molecule has 1 nitrogen and oxygen atoms in total. The van der Waals surface area contributed by atoms with Crippen molar-refractivity contribution in [1.29, 1.82) is 0 Å². The van der Waals surface area contributed by atoms with Crippen molar-refractivity contribution in [2.75, 3.05) is 0 Å². The van der Waals surface area contributed by atoms with Crippen LogP contribution in [0.25, 0.3) is 22.3 Å². The monoisotopic (exact) mass is 336 g/mol. The Balaban J connectivity index is 1.59. The third kappa shape index (κ3) is 3.68. The summed E-state index contributed by atoms with van der Waals surface area (Å²) in [5.74, 6) is 1.69. The lowest BCUT2D eigenvalue weighted by Crippen LogP contribution is -1.85. The lowest BCUT2D eigenvalue weighted by Gasteiger charge is -2.09. The van der Waals surface area contributed by atoms with Gasteiger partial charge in [-0.1, -0.05) is 78.4 Å². The maximum atomic E-state index is 5.88. The molecule has 0 N–H and O–H groups in total. The van der Waals surface area contributed by atoms with E-state index in [0.29, 0.717) is 0 Å². The first-order valence-corrected chi connectivity index (χ1v) is 8.78. The second-order valence-electron chi connectivity index (χ2n) is 6.39. The minimum Gasteiger partial charge on any atom is -0.457 e. The highest BCUT2D eigenvalue weighted by Crippen LogP contribution is 2.29. The van der Waals surface area contributed by atoms with Gasteiger partial charge < -0.3 is 4.74 Å². The molecule has 0 fully saturated rings. The minimum absolute atomic E-state index is 0.842. The van der Waals surface area contributed by atoms with Crippen molar-refractivity contribution in [2.45, 2.75) is 6.92 Å². The minimum atomic E-state index is 0.842. The highest BCUT2D eigenvalue weighted by Gasteiger charge is 2.03. The maximum absolute atomic E-state index is 5.88. The normalized spacial score (nSPS) is 10.5. The van der Waals surface area contributed by atoms with Gasteiger partial charge in [-0.25, -0.2) is 0 Å². The molecule has 0 heterocycles. The molecule has 0 aliphatic carbocycles.